The maximum absolute atomic E-state index is 11.2. The molecule has 0 radical (unpaired) electrons. The van der Waals surface area contributed by atoms with Crippen LogP contribution < -0.4 is 5.32 Å². The number of carbonyl (C=O) groups excluding carboxylic acids is 1. The molecular weight excluding hydrogens is 264 g/mol. The molecule has 1 heterocycles. The molecule has 0 aromatic carbocycles. The van der Waals surface area contributed by atoms with Crippen LogP contribution in [0.3, 0.4) is 0 Å². The summed E-state index contributed by atoms with van der Waals surface area (Å²) in [5.41, 5.74) is 0. The SMILES string of the molecule is CC(=O)N1CCC(N(C)CC(C)C#N)CC1.CCCNC. The molecular formula is C16H32N4O. The van der Waals surface area contributed by atoms with Crippen LogP contribution in [0.2, 0.25) is 0 Å². The van der Waals surface area contributed by atoms with Crippen molar-refractivity contribution in [3.05, 3.63) is 0 Å². The van der Waals surface area contributed by atoms with Crippen LogP contribution in [0.4, 0.5) is 0 Å². The predicted octanol–water partition coefficient (Wildman–Crippen LogP) is 1.70. The molecule has 1 atom stereocenters. The summed E-state index contributed by atoms with van der Waals surface area (Å²) in [4.78, 5) is 15.3. The van der Waals surface area contributed by atoms with E-state index in [1.54, 1.807) is 6.92 Å². The number of nitriles is 1. The van der Waals surface area contributed by atoms with Gasteiger partial charge in [-0.3, -0.25) is 4.79 Å². The van der Waals surface area contributed by atoms with Gasteiger partial charge in [0.25, 0.3) is 0 Å². The molecule has 0 saturated carbocycles. The molecule has 0 aromatic rings. The lowest BCUT2D eigenvalue weighted by molar-refractivity contribution is -0.130. The van der Waals surface area contributed by atoms with Crippen molar-refractivity contribution in [3.63, 3.8) is 0 Å². The lowest BCUT2D eigenvalue weighted by Gasteiger charge is -2.36. The molecule has 1 saturated heterocycles. The number of piperidine rings is 1. The van der Waals surface area contributed by atoms with E-state index in [2.05, 4.69) is 30.3 Å². The first-order valence-electron chi connectivity index (χ1n) is 7.96. The summed E-state index contributed by atoms with van der Waals surface area (Å²) in [6.45, 7) is 9.39. The van der Waals surface area contributed by atoms with Crippen LogP contribution >= 0.6 is 0 Å². The van der Waals surface area contributed by atoms with Gasteiger partial charge in [0.2, 0.25) is 5.91 Å². The van der Waals surface area contributed by atoms with Gasteiger partial charge in [-0.15, -0.1) is 0 Å². The summed E-state index contributed by atoms with van der Waals surface area (Å²) in [7, 11) is 4.03. The zero-order valence-corrected chi connectivity index (χ0v) is 14.4. The smallest absolute Gasteiger partial charge is 0.219 e. The molecule has 1 amide bonds. The summed E-state index contributed by atoms with van der Waals surface area (Å²) in [6.07, 6.45) is 3.28. The fourth-order valence-electron chi connectivity index (χ4n) is 2.49. The zero-order valence-electron chi connectivity index (χ0n) is 14.4. The third kappa shape index (κ3) is 8.69. The summed E-state index contributed by atoms with van der Waals surface area (Å²) in [5.74, 6) is 0.252. The number of hydrogen-bond acceptors (Lipinski definition) is 4. The molecule has 0 aliphatic carbocycles. The zero-order chi connectivity index (χ0) is 16.3. The van der Waals surface area contributed by atoms with Gasteiger partial charge >= 0.3 is 0 Å². The van der Waals surface area contributed by atoms with E-state index < -0.39 is 0 Å². The van der Waals surface area contributed by atoms with Gasteiger partial charge in [-0.1, -0.05) is 6.92 Å². The summed E-state index contributed by atoms with van der Waals surface area (Å²) >= 11 is 0. The van der Waals surface area contributed by atoms with E-state index in [1.165, 1.54) is 6.42 Å². The maximum Gasteiger partial charge on any atom is 0.219 e. The Hall–Kier alpha value is -1.12. The molecule has 0 bridgehead atoms. The Kier molecular flexibility index (Phi) is 10.9. The van der Waals surface area contributed by atoms with Gasteiger partial charge in [-0.2, -0.15) is 5.26 Å². The van der Waals surface area contributed by atoms with Crippen molar-refractivity contribution in [2.75, 3.05) is 40.3 Å². The van der Waals surface area contributed by atoms with Crippen molar-refractivity contribution >= 4 is 5.91 Å². The van der Waals surface area contributed by atoms with Crippen LogP contribution in [0.25, 0.3) is 0 Å². The first-order valence-corrected chi connectivity index (χ1v) is 7.96. The highest BCUT2D eigenvalue weighted by Crippen LogP contribution is 2.16. The van der Waals surface area contributed by atoms with Crippen molar-refractivity contribution in [1.82, 2.24) is 15.1 Å². The normalized spacial score (nSPS) is 16.9. The summed E-state index contributed by atoms with van der Waals surface area (Å²) in [5, 5.41) is 11.8. The second kappa shape index (κ2) is 11.5. The second-order valence-electron chi connectivity index (χ2n) is 5.81. The number of hydrogen-bond donors (Lipinski definition) is 1. The maximum atomic E-state index is 11.2. The number of rotatable bonds is 5. The lowest BCUT2D eigenvalue weighted by Crippen LogP contribution is -2.45. The quantitative estimate of drug-likeness (QED) is 0.839. The number of nitrogens with zero attached hydrogens (tertiary/aromatic N) is 3. The Morgan fingerprint density at radius 2 is 2.05 bits per heavy atom. The molecule has 122 valence electrons. The van der Waals surface area contributed by atoms with Crippen LogP contribution in [0.15, 0.2) is 0 Å². The van der Waals surface area contributed by atoms with Gasteiger partial charge in [0, 0.05) is 32.6 Å². The largest absolute Gasteiger partial charge is 0.343 e. The molecule has 1 N–H and O–H groups in total. The molecule has 1 fully saturated rings. The second-order valence-corrected chi connectivity index (χ2v) is 5.81. The van der Waals surface area contributed by atoms with Gasteiger partial charge in [-0.25, -0.2) is 0 Å². The average molecular weight is 296 g/mol. The van der Waals surface area contributed by atoms with Crippen LogP contribution in [0, 0.1) is 17.2 Å². The van der Waals surface area contributed by atoms with Crippen molar-refractivity contribution in [2.24, 2.45) is 5.92 Å². The molecule has 1 rings (SSSR count). The van der Waals surface area contributed by atoms with Crippen molar-refractivity contribution in [2.45, 2.75) is 46.1 Å². The van der Waals surface area contributed by atoms with Gasteiger partial charge in [-0.05, 0) is 46.8 Å². The molecule has 1 unspecified atom stereocenters. The van der Waals surface area contributed by atoms with Crippen molar-refractivity contribution < 1.29 is 4.79 Å². The summed E-state index contributed by atoms with van der Waals surface area (Å²) in [6, 6.07) is 2.78. The number of amides is 1. The molecule has 5 nitrogen and oxygen atoms in total. The molecule has 0 aromatic heterocycles. The van der Waals surface area contributed by atoms with E-state index >= 15 is 0 Å². The van der Waals surface area contributed by atoms with E-state index in [0.717, 1.165) is 39.0 Å². The predicted molar refractivity (Wildman–Crippen MR) is 86.9 cm³/mol. The molecule has 5 heteroatoms. The first kappa shape index (κ1) is 19.9. The number of carbonyl (C=O) groups is 1. The highest BCUT2D eigenvalue weighted by atomic mass is 16.2. The first-order chi connectivity index (χ1) is 9.96. The standard InChI is InChI=1S/C12H21N3O.C4H11N/c1-10(8-13)9-14(3)12-4-6-15(7-5-12)11(2)16;1-3-4-5-2/h10,12H,4-7,9H2,1-3H3;5H,3-4H2,1-2H3. The minimum Gasteiger partial charge on any atom is -0.343 e. The van der Waals surface area contributed by atoms with E-state index in [9.17, 15) is 4.79 Å². The van der Waals surface area contributed by atoms with Crippen LogP contribution in [-0.2, 0) is 4.79 Å². The highest BCUT2D eigenvalue weighted by molar-refractivity contribution is 5.73. The van der Waals surface area contributed by atoms with Crippen molar-refractivity contribution in [3.8, 4) is 6.07 Å². The van der Waals surface area contributed by atoms with Crippen molar-refractivity contribution in [1.29, 1.82) is 5.26 Å². The Morgan fingerprint density at radius 1 is 1.48 bits per heavy atom. The Balaban J connectivity index is 0.000000690. The van der Waals surface area contributed by atoms with E-state index in [-0.39, 0.29) is 11.8 Å². The monoisotopic (exact) mass is 296 g/mol. The van der Waals surface area contributed by atoms with Gasteiger partial charge < -0.3 is 15.1 Å². The topological polar surface area (TPSA) is 59.4 Å². The van der Waals surface area contributed by atoms with E-state index in [0.29, 0.717) is 6.04 Å². The van der Waals surface area contributed by atoms with Gasteiger partial charge in [0.15, 0.2) is 0 Å². The fraction of sp³-hybridized carbons (Fsp3) is 0.875. The average Bonchev–Trinajstić information content (AvgIpc) is 2.48. The lowest BCUT2D eigenvalue weighted by atomic mass is 10.0. The van der Waals surface area contributed by atoms with Crippen LogP contribution in [0.5, 0.6) is 0 Å². The van der Waals surface area contributed by atoms with Gasteiger partial charge in [0.1, 0.15) is 0 Å². The Labute approximate surface area is 130 Å². The minimum atomic E-state index is 0.0795. The van der Waals surface area contributed by atoms with Crippen LogP contribution in [-0.4, -0.2) is 62.0 Å². The third-order valence-corrected chi connectivity index (χ3v) is 3.82. The fourth-order valence-corrected chi connectivity index (χ4v) is 2.49. The Bertz CT molecular complexity index is 317. The third-order valence-electron chi connectivity index (χ3n) is 3.82. The number of nitrogens with one attached hydrogen (secondary N) is 1. The van der Waals surface area contributed by atoms with E-state index in [1.807, 2.05) is 18.9 Å². The summed E-state index contributed by atoms with van der Waals surface area (Å²) < 4.78 is 0. The Morgan fingerprint density at radius 3 is 2.38 bits per heavy atom. The number of likely N-dealkylation sites (tertiary alicyclic amines) is 1. The van der Waals surface area contributed by atoms with Gasteiger partial charge in [0.05, 0.1) is 12.0 Å². The molecule has 0 spiro atoms. The molecule has 21 heavy (non-hydrogen) atoms. The highest BCUT2D eigenvalue weighted by Gasteiger charge is 2.24. The molecule has 1 aliphatic rings. The van der Waals surface area contributed by atoms with Crippen LogP contribution in [0.1, 0.15) is 40.0 Å². The molecule has 1 aliphatic heterocycles. The van der Waals surface area contributed by atoms with E-state index in [4.69, 9.17) is 5.26 Å². The minimum absolute atomic E-state index is 0.0795.